The number of aliphatic hydroxyl groups excluding tert-OH is 1. The molecule has 0 unspecified atom stereocenters. The molecule has 0 aliphatic rings. The summed E-state index contributed by atoms with van der Waals surface area (Å²) in [4.78, 5) is 7.56. The first-order valence-electron chi connectivity index (χ1n) is 6.64. The van der Waals surface area contributed by atoms with E-state index >= 15 is 0 Å². The number of aliphatic hydroxyl groups is 1. The van der Waals surface area contributed by atoms with Crippen LogP contribution in [-0.2, 0) is 6.18 Å². The van der Waals surface area contributed by atoms with Crippen LogP contribution in [0.5, 0.6) is 5.75 Å². The predicted octanol–water partition coefficient (Wildman–Crippen LogP) is 2.80. The van der Waals surface area contributed by atoms with Gasteiger partial charge in [-0.2, -0.15) is 18.4 Å². The van der Waals surface area contributed by atoms with E-state index in [-0.39, 0.29) is 42.5 Å². The van der Waals surface area contributed by atoms with Gasteiger partial charge in [0.2, 0.25) is 5.82 Å². The number of halogens is 3. The molecule has 2 rings (SSSR count). The fraction of sp³-hybridized carbons (Fsp3) is 0.267. The van der Waals surface area contributed by atoms with Crippen LogP contribution in [0.3, 0.4) is 0 Å². The molecule has 5 nitrogen and oxygen atoms in total. The molecule has 120 valence electrons. The normalized spacial score (nSPS) is 11.1. The fourth-order valence-corrected chi connectivity index (χ4v) is 1.86. The van der Waals surface area contributed by atoms with E-state index in [2.05, 4.69) is 9.97 Å². The summed E-state index contributed by atoms with van der Waals surface area (Å²) < 4.78 is 44.6. The van der Waals surface area contributed by atoms with Crippen LogP contribution in [0.25, 0.3) is 11.3 Å². The third-order valence-electron chi connectivity index (χ3n) is 2.90. The van der Waals surface area contributed by atoms with Gasteiger partial charge in [-0.25, -0.2) is 9.97 Å². The maximum Gasteiger partial charge on any atom is 0.419 e. The lowest BCUT2D eigenvalue weighted by Gasteiger charge is -2.15. The summed E-state index contributed by atoms with van der Waals surface area (Å²) in [6.07, 6.45) is -3.06. The fourth-order valence-electron chi connectivity index (χ4n) is 1.86. The van der Waals surface area contributed by atoms with Crippen molar-refractivity contribution < 1.29 is 23.0 Å². The second kappa shape index (κ2) is 7.07. The van der Waals surface area contributed by atoms with Crippen molar-refractivity contribution in [2.24, 2.45) is 0 Å². The molecule has 0 amide bonds. The molecule has 1 N–H and O–H groups in total. The van der Waals surface area contributed by atoms with Crippen LogP contribution in [0.4, 0.5) is 13.2 Å². The maximum absolute atomic E-state index is 13.2. The van der Waals surface area contributed by atoms with Gasteiger partial charge in [0.05, 0.1) is 17.9 Å². The molecule has 0 bridgehead atoms. The van der Waals surface area contributed by atoms with Gasteiger partial charge >= 0.3 is 6.18 Å². The number of benzene rings is 1. The van der Waals surface area contributed by atoms with Crippen LogP contribution in [0.2, 0.25) is 0 Å². The number of hydrogen-bond acceptors (Lipinski definition) is 5. The number of nitrogens with zero attached hydrogens (tertiary/aromatic N) is 3. The Labute approximate surface area is 130 Å². The Morgan fingerprint density at radius 2 is 2.04 bits per heavy atom. The highest BCUT2D eigenvalue weighted by atomic mass is 19.4. The van der Waals surface area contributed by atoms with Crippen molar-refractivity contribution in [3.63, 3.8) is 0 Å². The lowest BCUT2D eigenvalue weighted by atomic mass is 10.1. The molecule has 2 aromatic rings. The highest BCUT2D eigenvalue weighted by Crippen LogP contribution is 2.38. The smallest absolute Gasteiger partial charge is 0.419 e. The molecule has 1 heterocycles. The Bertz CT molecular complexity index is 727. The summed E-state index contributed by atoms with van der Waals surface area (Å²) in [6, 6.07) is 6.69. The molecular weight excluding hydrogens is 311 g/mol. The zero-order chi connectivity index (χ0) is 16.9. The summed E-state index contributed by atoms with van der Waals surface area (Å²) in [5, 5.41) is 17.4. The molecule has 0 saturated heterocycles. The molecule has 0 fully saturated rings. The van der Waals surface area contributed by atoms with Gasteiger partial charge in [-0.05, 0) is 24.3 Å². The number of nitriles is 1. The van der Waals surface area contributed by atoms with Crippen LogP contribution in [0.15, 0.2) is 30.5 Å². The Hall–Kier alpha value is -2.66. The number of aromatic nitrogens is 2. The lowest BCUT2D eigenvalue weighted by molar-refractivity contribution is -0.138. The number of hydrogen-bond donors (Lipinski definition) is 1. The summed E-state index contributed by atoms with van der Waals surface area (Å²) in [5.41, 5.74) is -0.528. The standard InChI is InChI=1S/C15H12F3N3O2/c16-15(17,18)11-8-10(2-3-13(11)23-7-1-6-22)12-4-5-20-14(9-19)21-12/h2-5,8,22H,1,6-7H2. The molecule has 1 aromatic heterocycles. The molecule has 0 spiro atoms. The average Bonchev–Trinajstić information content (AvgIpc) is 2.54. The molecule has 0 saturated carbocycles. The molecule has 0 atom stereocenters. The Morgan fingerprint density at radius 1 is 1.26 bits per heavy atom. The molecule has 0 radical (unpaired) electrons. The average molecular weight is 323 g/mol. The molecule has 1 aromatic carbocycles. The second-order valence-electron chi connectivity index (χ2n) is 4.51. The predicted molar refractivity (Wildman–Crippen MR) is 74.4 cm³/mol. The summed E-state index contributed by atoms with van der Waals surface area (Å²) in [7, 11) is 0. The van der Waals surface area contributed by atoms with Gasteiger partial charge in [-0.1, -0.05) is 0 Å². The number of alkyl halides is 3. The van der Waals surface area contributed by atoms with Gasteiger partial charge in [0.15, 0.2) is 0 Å². The van der Waals surface area contributed by atoms with E-state index < -0.39 is 11.7 Å². The first-order valence-corrected chi connectivity index (χ1v) is 6.64. The summed E-state index contributed by atoms with van der Waals surface area (Å²) in [5.74, 6) is -0.441. The van der Waals surface area contributed by atoms with Crippen molar-refractivity contribution in [2.45, 2.75) is 12.6 Å². The van der Waals surface area contributed by atoms with Crippen molar-refractivity contribution in [2.75, 3.05) is 13.2 Å². The van der Waals surface area contributed by atoms with Crippen molar-refractivity contribution >= 4 is 0 Å². The van der Waals surface area contributed by atoms with Gasteiger partial charge in [0.1, 0.15) is 11.8 Å². The molecule has 0 aliphatic carbocycles. The zero-order valence-electron chi connectivity index (χ0n) is 11.8. The van der Waals surface area contributed by atoms with Gasteiger partial charge in [0, 0.05) is 24.8 Å². The highest BCUT2D eigenvalue weighted by molar-refractivity contribution is 5.62. The lowest BCUT2D eigenvalue weighted by Crippen LogP contribution is -2.10. The SMILES string of the molecule is N#Cc1nccc(-c2ccc(OCCCO)c(C(F)(F)F)c2)n1. The van der Waals surface area contributed by atoms with Crippen molar-refractivity contribution in [1.29, 1.82) is 5.26 Å². The van der Waals surface area contributed by atoms with Crippen molar-refractivity contribution in [3.05, 3.63) is 41.9 Å². The maximum atomic E-state index is 13.2. The van der Waals surface area contributed by atoms with Crippen LogP contribution in [0, 0.1) is 11.3 Å². The van der Waals surface area contributed by atoms with Crippen LogP contribution < -0.4 is 4.74 Å². The number of rotatable bonds is 5. The van der Waals surface area contributed by atoms with Crippen LogP contribution in [0.1, 0.15) is 17.8 Å². The molecular formula is C15H12F3N3O2. The minimum absolute atomic E-state index is 0.0228. The van der Waals surface area contributed by atoms with E-state index in [1.165, 1.54) is 24.4 Å². The molecule has 23 heavy (non-hydrogen) atoms. The van der Waals surface area contributed by atoms with Gasteiger partial charge in [0.25, 0.3) is 0 Å². The van der Waals surface area contributed by atoms with Crippen molar-refractivity contribution in [1.82, 2.24) is 9.97 Å². The minimum Gasteiger partial charge on any atom is -0.493 e. The van der Waals surface area contributed by atoms with Crippen molar-refractivity contribution in [3.8, 4) is 23.1 Å². The van der Waals surface area contributed by atoms with E-state index in [0.29, 0.717) is 0 Å². The van der Waals surface area contributed by atoms with E-state index in [0.717, 1.165) is 6.07 Å². The van der Waals surface area contributed by atoms with Gasteiger partial charge in [-0.15, -0.1) is 0 Å². The topological polar surface area (TPSA) is 79.0 Å². The van der Waals surface area contributed by atoms with E-state index in [9.17, 15) is 13.2 Å². The third-order valence-corrected chi connectivity index (χ3v) is 2.90. The van der Waals surface area contributed by atoms with Gasteiger partial charge in [-0.3, -0.25) is 0 Å². The van der Waals surface area contributed by atoms with Gasteiger partial charge < -0.3 is 9.84 Å². The monoisotopic (exact) mass is 323 g/mol. The number of ether oxygens (including phenoxy) is 1. The summed E-state index contributed by atoms with van der Waals surface area (Å²) >= 11 is 0. The van der Waals surface area contributed by atoms with E-state index in [1.54, 1.807) is 6.07 Å². The van der Waals surface area contributed by atoms with E-state index in [4.69, 9.17) is 15.1 Å². The molecule has 8 heteroatoms. The minimum atomic E-state index is -4.60. The third kappa shape index (κ3) is 4.17. The second-order valence-corrected chi connectivity index (χ2v) is 4.51. The highest BCUT2D eigenvalue weighted by Gasteiger charge is 2.34. The quantitative estimate of drug-likeness (QED) is 0.856. The Balaban J connectivity index is 2.41. The van der Waals surface area contributed by atoms with Crippen LogP contribution in [-0.4, -0.2) is 28.3 Å². The summed E-state index contributed by atoms with van der Waals surface area (Å²) in [6.45, 7) is -0.192. The molecule has 0 aliphatic heterocycles. The first-order chi connectivity index (χ1) is 11.0. The van der Waals surface area contributed by atoms with Crippen LogP contribution >= 0.6 is 0 Å². The largest absolute Gasteiger partial charge is 0.493 e. The van der Waals surface area contributed by atoms with E-state index in [1.807, 2.05) is 0 Å². The zero-order valence-corrected chi connectivity index (χ0v) is 11.8. The first kappa shape index (κ1) is 16.7. The Morgan fingerprint density at radius 3 is 2.70 bits per heavy atom. The Kier molecular flexibility index (Phi) is 5.13.